The van der Waals surface area contributed by atoms with Crippen molar-refractivity contribution in [1.29, 1.82) is 0 Å². The molecular formula is C11H11BrFN3O. The molecule has 0 bridgehead atoms. The molecule has 0 spiro atoms. The zero-order chi connectivity index (χ0) is 12.6. The first-order valence-electron chi connectivity index (χ1n) is 4.91. The number of aromatic nitrogens is 2. The molecule has 4 nitrogen and oxygen atoms in total. The third-order valence-electron chi connectivity index (χ3n) is 2.32. The van der Waals surface area contributed by atoms with Gasteiger partial charge in [-0.3, -0.25) is 0 Å². The summed E-state index contributed by atoms with van der Waals surface area (Å²) >= 11 is 3.09. The number of rotatable bonds is 2. The highest BCUT2D eigenvalue weighted by molar-refractivity contribution is 9.10. The van der Waals surface area contributed by atoms with Crippen LogP contribution in [0.2, 0.25) is 0 Å². The molecule has 0 radical (unpaired) electrons. The number of benzene rings is 1. The van der Waals surface area contributed by atoms with Gasteiger partial charge in [-0.1, -0.05) is 0 Å². The van der Waals surface area contributed by atoms with E-state index in [-0.39, 0.29) is 5.82 Å². The molecule has 17 heavy (non-hydrogen) atoms. The predicted octanol–water partition coefficient (Wildman–Crippen LogP) is 3.00. The van der Waals surface area contributed by atoms with Crippen molar-refractivity contribution in [3.63, 3.8) is 0 Å². The molecule has 0 aliphatic carbocycles. The van der Waals surface area contributed by atoms with Gasteiger partial charge in [0, 0.05) is 7.05 Å². The monoisotopic (exact) mass is 299 g/mol. The molecule has 0 amide bonds. The topological polar surface area (TPSA) is 53.1 Å². The summed E-state index contributed by atoms with van der Waals surface area (Å²) in [5.74, 6) is 0.598. The lowest BCUT2D eigenvalue weighted by Crippen LogP contribution is -1.97. The second-order valence-electron chi connectivity index (χ2n) is 3.61. The van der Waals surface area contributed by atoms with E-state index in [2.05, 4.69) is 21.0 Å². The zero-order valence-corrected chi connectivity index (χ0v) is 11.0. The van der Waals surface area contributed by atoms with Crippen LogP contribution >= 0.6 is 15.9 Å². The molecule has 0 atom stereocenters. The van der Waals surface area contributed by atoms with Crippen molar-refractivity contribution in [3.05, 3.63) is 34.2 Å². The predicted molar refractivity (Wildman–Crippen MR) is 66.5 cm³/mol. The van der Waals surface area contributed by atoms with Crippen LogP contribution in [0.5, 0.6) is 11.6 Å². The third-order valence-corrected chi connectivity index (χ3v) is 2.93. The number of nitrogens with two attached hydrogens (primary N) is 1. The van der Waals surface area contributed by atoms with Crippen molar-refractivity contribution >= 4 is 21.6 Å². The molecule has 2 aromatic rings. The average molecular weight is 300 g/mol. The Bertz CT molecular complexity index is 568. The normalized spacial score (nSPS) is 10.6. The fourth-order valence-corrected chi connectivity index (χ4v) is 1.78. The van der Waals surface area contributed by atoms with E-state index >= 15 is 0 Å². The number of aryl methyl sites for hydroxylation is 2. The first-order valence-corrected chi connectivity index (χ1v) is 5.70. The van der Waals surface area contributed by atoms with Gasteiger partial charge in [0.2, 0.25) is 5.88 Å². The highest BCUT2D eigenvalue weighted by atomic mass is 79.9. The van der Waals surface area contributed by atoms with Crippen LogP contribution in [-0.4, -0.2) is 9.78 Å². The summed E-state index contributed by atoms with van der Waals surface area (Å²) < 4.78 is 20.5. The van der Waals surface area contributed by atoms with E-state index in [0.29, 0.717) is 27.5 Å². The lowest BCUT2D eigenvalue weighted by Gasteiger charge is -2.07. The Hall–Kier alpha value is -1.56. The number of hydrogen-bond acceptors (Lipinski definition) is 3. The van der Waals surface area contributed by atoms with E-state index < -0.39 is 0 Å². The molecule has 1 aromatic heterocycles. The SMILES string of the molecule is Cc1nn(C)c(Oc2ccc(F)c(Br)c2)c1N. The third kappa shape index (κ3) is 2.26. The quantitative estimate of drug-likeness (QED) is 0.927. The number of nitrogens with zero attached hydrogens (tertiary/aromatic N) is 2. The summed E-state index contributed by atoms with van der Waals surface area (Å²) in [4.78, 5) is 0. The Morgan fingerprint density at radius 2 is 2.18 bits per heavy atom. The number of ether oxygens (including phenoxy) is 1. The van der Waals surface area contributed by atoms with Crippen LogP contribution in [0.25, 0.3) is 0 Å². The maximum absolute atomic E-state index is 13.1. The Morgan fingerprint density at radius 3 is 2.71 bits per heavy atom. The number of halogens is 2. The molecular weight excluding hydrogens is 289 g/mol. The fourth-order valence-electron chi connectivity index (χ4n) is 1.43. The van der Waals surface area contributed by atoms with Gasteiger partial charge in [0.1, 0.15) is 17.3 Å². The molecule has 0 aliphatic heterocycles. The van der Waals surface area contributed by atoms with Crippen LogP contribution in [-0.2, 0) is 7.05 Å². The summed E-state index contributed by atoms with van der Waals surface area (Å²) in [6.07, 6.45) is 0. The van der Waals surface area contributed by atoms with Gasteiger partial charge in [0.05, 0.1) is 10.2 Å². The Labute approximate surface area is 106 Å². The van der Waals surface area contributed by atoms with E-state index in [4.69, 9.17) is 10.5 Å². The highest BCUT2D eigenvalue weighted by Crippen LogP contribution is 2.31. The number of nitrogen functional groups attached to an aromatic ring is 1. The Balaban J connectivity index is 2.34. The molecule has 6 heteroatoms. The van der Waals surface area contributed by atoms with Gasteiger partial charge in [-0.05, 0) is 41.1 Å². The number of anilines is 1. The minimum atomic E-state index is -0.341. The molecule has 0 unspecified atom stereocenters. The highest BCUT2D eigenvalue weighted by Gasteiger charge is 2.12. The molecule has 2 rings (SSSR count). The van der Waals surface area contributed by atoms with Crippen LogP contribution in [0.3, 0.4) is 0 Å². The minimum absolute atomic E-state index is 0.340. The van der Waals surface area contributed by atoms with Crippen molar-refractivity contribution < 1.29 is 9.13 Å². The van der Waals surface area contributed by atoms with Gasteiger partial charge >= 0.3 is 0 Å². The van der Waals surface area contributed by atoms with Crippen LogP contribution < -0.4 is 10.5 Å². The molecule has 0 aliphatic rings. The zero-order valence-electron chi connectivity index (χ0n) is 9.37. The van der Waals surface area contributed by atoms with E-state index in [0.717, 1.165) is 0 Å². The van der Waals surface area contributed by atoms with Crippen LogP contribution in [0.4, 0.5) is 10.1 Å². The first-order chi connectivity index (χ1) is 7.99. The van der Waals surface area contributed by atoms with Gasteiger partial charge in [-0.15, -0.1) is 0 Å². The van der Waals surface area contributed by atoms with E-state index in [1.165, 1.54) is 18.2 Å². The van der Waals surface area contributed by atoms with Crippen LogP contribution in [0, 0.1) is 12.7 Å². The second-order valence-corrected chi connectivity index (χ2v) is 4.46. The lowest BCUT2D eigenvalue weighted by atomic mass is 10.3. The van der Waals surface area contributed by atoms with Crippen molar-refractivity contribution in [2.24, 2.45) is 7.05 Å². The Kier molecular flexibility index (Phi) is 3.06. The van der Waals surface area contributed by atoms with Gasteiger partial charge in [0.15, 0.2) is 0 Å². The fraction of sp³-hybridized carbons (Fsp3) is 0.182. The van der Waals surface area contributed by atoms with Crippen molar-refractivity contribution in [2.75, 3.05) is 5.73 Å². The molecule has 1 aromatic carbocycles. The second kappa shape index (κ2) is 4.37. The molecule has 90 valence electrons. The maximum Gasteiger partial charge on any atom is 0.241 e. The largest absolute Gasteiger partial charge is 0.437 e. The summed E-state index contributed by atoms with van der Waals surface area (Å²) in [6.45, 7) is 1.79. The summed E-state index contributed by atoms with van der Waals surface area (Å²) in [5.41, 5.74) is 7.00. The van der Waals surface area contributed by atoms with E-state index in [9.17, 15) is 4.39 Å². The van der Waals surface area contributed by atoms with Gasteiger partial charge in [-0.25, -0.2) is 9.07 Å². The molecule has 1 heterocycles. The number of hydrogen-bond donors (Lipinski definition) is 1. The first kappa shape index (κ1) is 11.9. The van der Waals surface area contributed by atoms with Gasteiger partial charge in [0.25, 0.3) is 0 Å². The van der Waals surface area contributed by atoms with E-state index in [1.807, 2.05) is 0 Å². The van der Waals surface area contributed by atoms with Gasteiger partial charge < -0.3 is 10.5 Å². The Morgan fingerprint density at radius 1 is 1.47 bits per heavy atom. The summed E-state index contributed by atoms with van der Waals surface area (Å²) in [6, 6.07) is 4.39. The lowest BCUT2D eigenvalue weighted by molar-refractivity contribution is 0.431. The van der Waals surface area contributed by atoms with Gasteiger partial charge in [-0.2, -0.15) is 5.10 Å². The molecule has 0 saturated heterocycles. The molecule has 0 saturated carbocycles. The van der Waals surface area contributed by atoms with Crippen molar-refractivity contribution in [2.45, 2.75) is 6.92 Å². The minimum Gasteiger partial charge on any atom is -0.437 e. The maximum atomic E-state index is 13.1. The van der Waals surface area contributed by atoms with E-state index in [1.54, 1.807) is 18.7 Å². The summed E-state index contributed by atoms with van der Waals surface area (Å²) in [7, 11) is 1.73. The van der Waals surface area contributed by atoms with Crippen LogP contribution in [0.15, 0.2) is 22.7 Å². The standard InChI is InChI=1S/C11H11BrFN3O/c1-6-10(14)11(16(2)15-6)17-7-3-4-9(13)8(12)5-7/h3-5H,14H2,1-2H3. The van der Waals surface area contributed by atoms with Crippen molar-refractivity contribution in [1.82, 2.24) is 9.78 Å². The molecule has 0 fully saturated rings. The smallest absolute Gasteiger partial charge is 0.241 e. The van der Waals surface area contributed by atoms with Crippen LogP contribution in [0.1, 0.15) is 5.69 Å². The molecule has 2 N–H and O–H groups in total. The average Bonchev–Trinajstić information content (AvgIpc) is 2.50. The van der Waals surface area contributed by atoms with Crippen molar-refractivity contribution in [3.8, 4) is 11.6 Å². The summed E-state index contributed by atoms with van der Waals surface area (Å²) in [5, 5.41) is 4.13.